The molecule has 0 N–H and O–H groups in total. The molecule has 3 heteroatoms. The predicted octanol–water partition coefficient (Wildman–Crippen LogP) is 5.46. The Kier molecular flexibility index (Phi) is 10.7. The van der Waals surface area contributed by atoms with E-state index in [2.05, 4.69) is 35.9 Å². The molecule has 20 heavy (non-hydrogen) atoms. The molecule has 0 saturated carbocycles. The molecule has 0 aliphatic carbocycles. The second-order valence-electron chi connectivity index (χ2n) is 5.66. The zero-order valence-corrected chi connectivity index (χ0v) is 14.8. The van der Waals surface area contributed by atoms with Crippen molar-refractivity contribution < 1.29 is 9.47 Å². The van der Waals surface area contributed by atoms with Crippen LogP contribution in [0.5, 0.6) is 0 Å². The van der Waals surface area contributed by atoms with E-state index in [-0.39, 0.29) is 6.29 Å². The molecule has 1 rings (SSSR count). The summed E-state index contributed by atoms with van der Waals surface area (Å²) in [6.45, 7) is 6.24. The lowest BCUT2D eigenvalue weighted by molar-refractivity contribution is -0.164. The van der Waals surface area contributed by atoms with Gasteiger partial charge >= 0.3 is 0 Å². The van der Waals surface area contributed by atoms with E-state index >= 15 is 0 Å². The minimum absolute atomic E-state index is 0.0706. The topological polar surface area (TPSA) is 18.5 Å². The molecule has 1 heterocycles. The lowest BCUT2D eigenvalue weighted by Gasteiger charge is -2.23. The average Bonchev–Trinajstić information content (AvgIpc) is 2.51. The van der Waals surface area contributed by atoms with Crippen LogP contribution in [0.4, 0.5) is 0 Å². The van der Waals surface area contributed by atoms with Crippen LogP contribution in [-0.2, 0) is 9.47 Å². The van der Waals surface area contributed by atoms with Gasteiger partial charge in [-0.1, -0.05) is 47.8 Å². The maximum Gasteiger partial charge on any atom is 0.157 e. The Morgan fingerprint density at radius 3 is 2.80 bits per heavy atom. The number of ether oxygens (including phenoxy) is 2. The summed E-state index contributed by atoms with van der Waals surface area (Å²) in [4.78, 5) is 0. The van der Waals surface area contributed by atoms with Crippen molar-refractivity contribution >= 4 is 15.9 Å². The summed E-state index contributed by atoms with van der Waals surface area (Å²) in [5, 5.41) is 1.02. The van der Waals surface area contributed by atoms with Crippen LogP contribution >= 0.6 is 15.9 Å². The lowest BCUT2D eigenvalue weighted by Crippen LogP contribution is -2.23. The number of halogens is 1. The smallest absolute Gasteiger partial charge is 0.157 e. The molecule has 1 saturated heterocycles. The van der Waals surface area contributed by atoms with Crippen molar-refractivity contribution in [3.05, 3.63) is 11.6 Å². The van der Waals surface area contributed by atoms with Gasteiger partial charge in [0.25, 0.3) is 0 Å². The maximum atomic E-state index is 5.84. The molecule has 1 aliphatic heterocycles. The van der Waals surface area contributed by atoms with Crippen molar-refractivity contribution in [1.29, 1.82) is 0 Å². The highest BCUT2D eigenvalue weighted by molar-refractivity contribution is 9.09. The fourth-order valence-electron chi connectivity index (χ4n) is 2.58. The summed E-state index contributed by atoms with van der Waals surface area (Å²) in [7, 11) is 0. The van der Waals surface area contributed by atoms with Crippen LogP contribution in [-0.4, -0.2) is 24.8 Å². The molecular formula is C17H31BrO2. The van der Waals surface area contributed by atoms with Crippen LogP contribution in [0, 0.1) is 5.92 Å². The normalized spacial score (nSPS) is 21.9. The van der Waals surface area contributed by atoms with Crippen molar-refractivity contribution in [3.8, 4) is 0 Å². The molecule has 1 aliphatic rings. The Morgan fingerprint density at radius 1 is 1.35 bits per heavy atom. The number of alkyl halides is 1. The number of hydrogen-bond donors (Lipinski definition) is 0. The number of hydrogen-bond acceptors (Lipinski definition) is 2. The fraction of sp³-hybridized carbons (Fsp3) is 0.882. The molecule has 118 valence electrons. The van der Waals surface area contributed by atoms with E-state index in [1.807, 2.05) is 0 Å². The van der Waals surface area contributed by atoms with Crippen molar-refractivity contribution in [3.63, 3.8) is 0 Å². The molecule has 2 nitrogen and oxygen atoms in total. The Morgan fingerprint density at radius 2 is 2.20 bits per heavy atom. The highest BCUT2D eigenvalue weighted by Gasteiger charge is 2.14. The Balaban J connectivity index is 2.13. The fourth-order valence-corrected chi connectivity index (χ4v) is 3.20. The van der Waals surface area contributed by atoms with Crippen molar-refractivity contribution in [2.24, 2.45) is 5.92 Å². The summed E-state index contributed by atoms with van der Waals surface area (Å²) in [5.74, 6) is 0.781. The summed E-state index contributed by atoms with van der Waals surface area (Å²) < 4.78 is 11.4. The van der Waals surface area contributed by atoms with Gasteiger partial charge in [-0.15, -0.1) is 0 Å². The molecule has 0 aromatic heterocycles. The molecule has 0 amide bonds. The second kappa shape index (κ2) is 11.8. The van der Waals surface area contributed by atoms with E-state index < -0.39 is 0 Å². The van der Waals surface area contributed by atoms with Crippen molar-refractivity contribution in [1.82, 2.24) is 0 Å². The molecule has 0 spiro atoms. The molecule has 0 aromatic carbocycles. The molecule has 2 atom stereocenters. The highest BCUT2D eigenvalue weighted by Crippen LogP contribution is 2.19. The maximum absolute atomic E-state index is 5.84. The van der Waals surface area contributed by atoms with Gasteiger partial charge in [0.2, 0.25) is 0 Å². The number of rotatable bonds is 10. The third-order valence-electron chi connectivity index (χ3n) is 4.18. The summed E-state index contributed by atoms with van der Waals surface area (Å²) in [6.07, 6.45) is 12.0. The quantitative estimate of drug-likeness (QED) is 0.386. The first-order chi connectivity index (χ1) is 9.80. The van der Waals surface area contributed by atoms with E-state index in [0.29, 0.717) is 0 Å². The molecule has 2 unspecified atom stereocenters. The first-order valence-electron chi connectivity index (χ1n) is 8.27. The molecule has 0 aromatic rings. The lowest BCUT2D eigenvalue weighted by atomic mass is 9.96. The van der Waals surface area contributed by atoms with E-state index in [0.717, 1.165) is 37.3 Å². The van der Waals surface area contributed by atoms with Gasteiger partial charge < -0.3 is 9.47 Å². The Labute approximate surface area is 133 Å². The van der Waals surface area contributed by atoms with E-state index in [9.17, 15) is 0 Å². The van der Waals surface area contributed by atoms with Gasteiger partial charge in [-0.05, 0) is 50.9 Å². The largest absolute Gasteiger partial charge is 0.353 e. The van der Waals surface area contributed by atoms with E-state index in [1.54, 1.807) is 0 Å². The first-order valence-corrected chi connectivity index (χ1v) is 9.39. The zero-order valence-electron chi connectivity index (χ0n) is 13.2. The van der Waals surface area contributed by atoms with Gasteiger partial charge in [0.1, 0.15) is 0 Å². The summed E-state index contributed by atoms with van der Waals surface area (Å²) in [6, 6.07) is 0. The standard InChI is InChI=1S/C17H31BrO2/c1-3-15(8-7-9-16(4-2)14-18)11-13-20-17-10-5-6-12-19-17/h9,15,17H,3-8,10-14H2,1-2H3/b16-9-. The monoisotopic (exact) mass is 346 g/mol. The third-order valence-corrected chi connectivity index (χ3v) is 4.90. The van der Waals surface area contributed by atoms with Crippen LogP contribution in [0.15, 0.2) is 11.6 Å². The van der Waals surface area contributed by atoms with Crippen LogP contribution in [0.25, 0.3) is 0 Å². The summed E-state index contributed by atoms with van der Waals surface area (Å²) >= 11 is 3.54. The van der Waals surface area contributed by atoms with E-state index in [1.165, 1.54) is 44.1 Å². The SMILES string of the molecule is CC/C(=C/CCC(CC)CCOC1CCCCO1)CBr. The molecule has 1 fully saturated rings. The molecule has 0 radical (unpaired) electrons. The second-order valence-corrected chi connectivity index (χ2v) is 6.22. The van der Waals surface area contributed by atoms with E-state index in [4.69, 9.17) is 9.47 Å². The third kappa shape index (κ3) is 7.80. The van der Waals surface area contributed by atoms with Crippen LogP contribution in [0.1, 0.15) is 65.2 Å². The minimum atomic E-state index is 0.0706. The number of allylic oxidation sites excluding steroid dienone is 2. The van der Waals surface area contributed by atoms with Crippen molar-refractivity contribution in [2.75, 3.05) is 18.5 Å². The summed E-state index contributed by atoms with van der Waals surface area (Å²) in [5.41, 5.74) is 1.52. The van der Waals surface area contributed by atoms with Crippen molar-refractivity contribution in [2.45, 2.75) is 71.5 Å². The van der Waals surface area contributed by atoms with Gasteiger partial charge in [-0.2, -0.15) is 0 Å². The first kappa shape index (κ1) is 18.2. The minimum Gasteiger partial charge on any atom is -0.353 e. The van der Waals surface area contributed by atoms with Gasteiger partial charge in [0.05, 0.1) is 0 Å². The van der Waals surface area contributed by atoms with Crippen LogP contribution in [0.2, 0.25) is 0 Å². The highest BCUT2D eigenvalue weighted by atomic mass is 79.9. The van der Waals surface area contributed by atoms with Crippen LogP contribution in [0.3, 0.4) is 0 Å². The zero-order chi connectivity index (χ0) is 14.6. The van der Waals surface area contributed by atoms with Crippen LogP contribution < -0.4 is 0 Å². The van der Waals surface area contributed by atoms with Gasteiger partial charge in [-0.3, -0.25) is 0 Å². The van der Waals surface area contributed by atoms with Gasteiger partial charge in [0.15, 0.2) is 6.29 Å². The Bertz CT molecular complexity index is 254. The average molecular weight is 347 g/mol. The van der Waals surface area contributed by atoms with Gasteiger partial charge in [0, 0.05) is 18.5 Å². The van der Waals surface area contributed by atoms with Gasteiger partial charge in [-0.25, -0.2) is 0 Å². The molecular weight excluding hydrogens is 316 g/mol. The molecule has 0 bridgehead atoms. The Hall–Kier alpha value is 0.140. The predicted molar refractivity (Wildman–Crippen MR) is 89.3 cm³/mol.